The van der Waals surface area contributed by atoms with E-state index in [4.69, 9.17) is 9.47 Å². The Bertz CT molecular complexity index is 964. The van der Waals surface area contributed by atoms with E-state index in [1.165, 1.54) is 0 Å². The third-order valence-electron chi connectivity index (χ3n) is 3.96. The molecule has 1 aromatic heterocycles. The number of aromatic nitrogens is 2. The summed E-state index contributed by atoms with van der Waals surface area (Å²) < 4.78 is 12.7. The summed E-state index contributed by atoms with van der Waals surface area (Å²) in [5, 5.41) is 2.74. The lowest BCUT2D eigenvalue weighted by Crippen LogP contribution is -2.20. The summed E-state index contributed by atoms with van der Waals surface area (Å²) in [6, 6.07) is 13.8. The number of nitrogens with zero attached hydrogens (tertiary/aromatic N) is 2. The predicted octanol–water partition coefficient (Wildman–Crippen LogP) is 3.07. The topological polar surface area (TPSA) is 82.4 Å². The molecule has 0 radical (unpaired) electrons. The van der Waals surface area contributed by atoms with Gasteiger partial charge in [-0.1, -0.05) is 12.1 Å². The van der Waals surface area contributed by atoms with Crippen LogP contribution in [0.4, 0.5) is 5.69 Å². The summed E-state index contributed by atoms with van der Waals surface area (Å²) >= 11 is 0. The number of hydrogen-bond acceptors (Lipinski definition) is 5. The van der Waals surface area contributed by atoms with E-state index in [-0.39, 0.29) is 18.3 Å². The molecule has 7 nitrogen and oxygen atoms in total. The fourth-order valence-corrected chi connectivity index (χ4v) is 2.60. The number of amides is 1. The molecule has 2 aromatic carbocycles. The summed E-state index contributed by atoms with van der Waals surface area (Å²) in [6.45, 7) is 2.24. The number of rotatable bonds is 8. The average molecular weight is 379 g/mol. The maximum atomic E-state index is 12.4. The van der Waals surface area contributed by atoms with Crippen molar-refractivity contribution in [2.45, 2.75) is 6.92 Å². The van der Waals surface area contributed by atoms with Crippen LogP contribution in [0.25, 0.3) is 0 Å². The first-order valence-corrected chi connectivity index (χ1v) is 8.85. The summed E-state index contributed by atoms with van der Waals surface area (Å²) in [7, 11) is 1.76. The minimum absolute atomic E-state index is 0.155. The molecule has 28 heavy (non-hydrogen) atoms. The van der Waals surface area contributed by atoms with Crippen molar-refractivity contribution in [2.75, 3.05) is 18.5 Å². The van der Waals surface area contributed by atoms with Crippen LogP contribution in [0.15, 0.2) is 60.9 Å². The molecular formula is C21H21N3O4. The predicted molar refractivity (Wildman–Crippen MR) is 105 cm³/mol. The van der Waals surface area contributed by atoms with Gasteiger partial charge in [-0.15, -0.1) is 0 Å². The zero-order valence-electron chi connectivity index (χ0n) is 15.7. The molecular weight excluding hydrogens is 358 g/mol. The van der Waals surface area contributed by atoms with Crippen LogP contribution in [0.3, 0.4) is 0 Å². The number of imidazole rings is 1. The first kappa shape index (κ1) is 19.2. The van der Waals surface area contributed by atoms with Crippen LogP contribution >= 0.6 is 0 Å². The molecule has 1 heterocycles. The van der Waals surface area contributed by atoms with Gasteiger partial charge in [-0.25, -0.2) is 4.98 Å². The molecule has 1 amide bonds. The maximum Gasteiger partial charge on any atom is 0.262 e. The lowest BCUT2D eigenvalue weighted by molar-refractivity contribution is -0.118. The van der Waals surface area contributed by atoms with Crippen LogP contribution in [-0.2, 0) is 11.8 Å². The number of carbonyl (C=O) groups excluding carboxylic acids is 2. The van der Waals surface area contributed by atoms with E-state index in [1.54, 1.807) is 60.4 Å². The van der Waals surface area contributed by atoms with Crippen molar-refractivity contribution in [3.8, 4) is 11.5 Å². The molecule has 0 unspecified atom stereocenters. The fourth-order valence-electron chi connectivity index (χ4n) is 2.60. The normalized spacial score (nSPS) is 10.4. The highest BCUT2D eigenvalue weighted by Gasteiger charge is 2.14. The summed E-state index contributed by atoms with van der Waals surface area (Å²) in [6.07, 6.45) is 3.29. The summed E-state index contributed by atoms with van der Waals surface area (Å²) in [5.74, 6) is 0.972. The van der Waals surface area contributed by atoms with E-state index in [9.17, 15) is 9.59 Å². The number of ether oxygens (including phenoxy) is 2. The highest BCUT2D eigenvalue weighted by molar-refractivity contribution is 6.07. The van der Waals surface area contributed by atoms with E-state index < -0.39 is 0 Å². The first-order valence-electron chi connectivity index (χ1n) is 8.85. The third kappa shape index (κ3) is 4.56. The number of para-hydroxylation sites is 2. The lowest BCUT2D eigenvalue weighted by atomic mass is 10.1. The van der Waals surface area contributed by atoms with E-state index in [0.29, 0.717) is 35.2 Å². The Morgan fingerprint density at radius 2 is 1.71 bits per heavy atom. The molecule has 0 spiro atoms. The van der Waals surface area contributed by atoms with E-state index in [2.05, 4.69) is 10.3 Å². The Hall–Kier alpha value is -3.61. The Balaban J connectivity index is 1.58. The molecule has 0 aliphatic rings. The Morgan fingerprint density at radius 1 is 1.04 bits per heavy atom. The summed E-state index contributed by atoms with van der Waals surface area (Å²) in [4.78, 5) is 28.6. The van der Waals surface area contributed by atoms with Crippen molar-refractivity contribution in [3.63, 3.8) is 0 Å². The maximum absolute atomic E-state index is 12.4. The van der Waals surface area contributed by atoms with E-state index in [1.807, 2.05) is 19.1 Å². The number of ketones is 1. The molecule has 0 bridgehead atoms. The molecule has 1 N–H and O–H groups in total. The standard InChI is InChI=1S/C21H21N3O4/c1-3-27-17-6-4-5-7-18(17)28-14-19(25)23-16-10-8-15(9-11-16)20(26)21-22-12-13-24(21)2/h4-13H,3,14H2,1-2H3,(H,23,25). The largest absolute Gasteiger partial charge is 0.490 e. The van der Waals surface area contributed by atoms with E-state index >= 15 is 0 Å². The second-order valence-electron chi connectivity index (χ2n) is 5.98. The second-order valence-corrected chi connectivity index (χ2v) is 5.98. The van der Waals surface area contributed by atoms with Crippen LogP contribution in [0.1, 0.15) is 23.1 Å². The fraction of sp³-hybridized carbons (Fsp3) is 0.190. The minimum atomic E-state index is -0.311. The van der Waals surface area contributed by atoms with Crippen molar-refractivity contribution in [2.24, 2.45) is 7.05 Å². The SMILES string of the molecule is CCOc1ccccc1OCC(=O)Nc1ccc(C(=O)c2nccn2C)cc1. The zero-order chi connectivity index (χ0) is 19.9. The van der Waals surface area contributed by atoms with Gasteiger partial charge in [0.2, 0.25) is 5.78 Å². The number of benzene rings is 2. The van der Waals surface area contributed by atoms with Crippen molar-refractivity contribution in [3.05, 3.63) is 72.3 Å². The highest BCUT2D eigenvalue weighted by Crippen LogP contribution is 2.26. The van der Waals surface area contributed by atoms with Gasteiger partial charge in [0.25, 0.3) is 5.91 Å². The van der Waals surface area contributed by atoms with Gasteiger partial charge < -0.3 is 19.4 Å². The number of anilines is 1. The lowest BCUT2D eigenvalue weighted by Gasteiger charge is -2.11. The van der Waals surface area contributed by atoms with E-state index in [0.717, 1.165) is 0 Å². The van der Waals surface area contributed by atoms with Gasteiger partial charge in [0.15, 0.2) is 23.9 Å². The van der Waals surface area contributed by atoms with Gasteiger partial charge in [-0.3, -0.25) is 9.59 Å². The molecule has 0 saturated carbocycles. The van der Waals surface area contributed by atoms with Crippen LogP contribution in [-0.4, -0.2) is 34.5 Å². The highest BCUT2D eigenvalue weighted by atomic mass is 16.5. The molecule has 0 aliphatic carbocycles. The Morgan fingerprint density at radius 3 is 2.32 bits per heavy atom. The minimum Gasteiger partial charge on any atom is -0.490 e. The van der Waals surface area contributed by atoms with Crippen LogP contribution in [0.2, 0.25) is 0 Å². The van der Waals surface area contributed by atoms with Crippen molar-refractivity contribution >= 4 is 17.4 Å². The first-order chi connectivity index (χ1) is 13.6. The van der Waals surface area contributed by atoms with Gasteiger partial charge in [0.1, 0.15) is 0 Å². The van der Waals surface area contributed by atoms with Crippen LogP contribution in [0, 0.1) is 0 Å². The molecule has 0 saturated heterocycles. The molecule has 3 rings (SSSR count). The molecule has 3 aromatic rings. The number of aryl methyl sites for hydroxylation is 1. The summed E-state index contributed by atoms with van der Waals surface area (Å²) in [5.41, 5.74) is 1.07. The van der Waals surface area contributed by atoms with Crippen molar-refractivity contribution in [1.29, 1.82) is 0 Å². The van der Waals surface area contributed by atoms with Crippen LogP contribution < -0.4 is 14.8 Å². The molecule has 0 aliphatic heterocycles. The molecule has 0 atom stereocenters. The Labute approximate surface area is 162 Å². The van der Waals surface area contributed by atoms with Crippen LogP contribution in [0.5, 0.6) is 11.5 Å². The average Bonchev–Trinajstić information content (AvgIpc) is 3.13. The second kappa shape index (κ2) is 8.85. The number of hydrogen-bond donors (Lipinski definition) is 1. The van der Waals surface area contributed by atoms with Crippen molar-refractivity contribution < 1.29 is 19.1 Å². The van der Waals surface area contributed by atoms with Crippen molar-refractivity contribution in [1.82, 2.24) is 9.55 Å². The molecule has 144 valence electrons. The molecule has 0 fully saturated rings. The van der Waals surface area contributed by atoms with Gasteiger partial charge in [-0.05, 0) is 43.3 Å². The van der Waals surface area contributed by atoms with Gasteiger partial charge in [-0.2, -0.15) is 0 Å². The molecule has 7 heteroatoms. The Kier molecular flexibility index (Phi) is 6.06. The van der Waals surface area contributed by atoms with Gasteiger partial charge in [0, 0.05) is 30.7 Å². The zero-order valence-corrected chi connectivity index (χ0v) is 15.7. The van der Waals surface area contributed by atoms with Gasteiger partial charge in [0.05, 0.1) is 6.61 Å². The quantitative estimate of drug-likeness (QED) is 0.608. The third-order valence-corrected chi connectivity index (χ3v) is 3.96. The smallest absolute Gasteiger partial charge is 0.262 e. The number of carbonyl (C=O) groups is 2. The number of nitrogens with one attached hydrogen (secondary N) is 1. The van der Waals surface area contributed by atoms with Gasteiger partial charge >= 0.3 is 0 Å². The monoisotopic (exact) mass is 379 g/mol.